The SMILES string of the molecule is O=C=NCc1ccno1. The lowest BCUT2D eigenvalue weighted by molar-refractivity contribution is 0.385. The van der Waals surface area contributed by atoms with E-state index in [0.717, 1.165) is 0 Å². The van der Waals surface area contributed by atoms with Crippen LogP contribution in [-0.4, -0.2) is 11.2 Å². The van der Waals surface area contributed by atoms with Crippen molar-refractivity contribution in [2.75, 3.05) is 0 Å². The Morgan fingerprint density at radius 2 is 2.78 bits per heavy atom. The van der Waals surface area contributed by atoms with Crippen molar-refractivity contribution in [3.8, 4) is 0 Å². The fraction of sp³-hybridized carbons (Fsp3) is 0.200. The highest BCUT2D eigenvalue weighted by atomic mass is 16.5. The van der Waals surface area contributed by atoms with E-state index >= 15 is 0 Å². The fourth-order valence-corrected chi connectivity index (χ4v) is 0.434. The van der Waals surface area contributed by atoms with Gasteiger partial charge in [0.1, 0.15) is 6.54 Å². The minimum Gasteiger partial charge on any atom is -0.359 e. The lowest BCUT2D eigenvalue weighted by Gasteiger charge is -1.77. The van der Waals surface area contributed by atoms with Crippen molar-refractivity contribution >= 4 is 6.08 Å². The van der Waals surface area contributed by atoms with Gasteiger partial charge in [0, 0.05) is 6.07 Å². The van der Waals surface area contributed by atoms with Crippen LogP contribution >= 0.6 is 0 Å². The van der Waals surface area contributed by atoms with E-state index < -0.39 is 0 Å². The van der Waals surface area contributed by atoms with Gasteiger partial charge in [-0.1, -0.05) is 5.16 Å². The summed E-state index contributed by atoms with van der Waals surface area (Å²) in [5.74, 6) is 0.568. The maximum absolute atomic E-state index is 9.55. The monoisotopic (exact) mass is 124 g/mol. The fourth-order valence-electron chi connectivity index (χ4n) is 0.434. The molecule has 1 aromatic rings. The second kappa shape index (κ2) is 2.79. The number of aliphatic imine (C=N–C) groups is 1. The van der Waals surface area contributed by atoms with Crippen LogP contribution in [-0.2, 0) is 11.3 Å². The quantitative estimate of drug-likeness (QED) is 0.426. The van der Waals surface area contributed by atoms with E-state index in [4.69, 9.17) is 0 Å². The summed E-state index contributed by atoms with van der Waals surface area (Å²) in [6.45, 7) is 0.226. The Morgan fingerprint density at radius 1 is 1.89 bits per heavy atom. The molecule has 0 aliphatic heterocycles. The van der Waals surface area contributed by atoms with Crippen molar-refractivity contribution < 1.29 is 9.32 Å². The number of hydrogen-bond acceptors (Lipinski definition) is 4. The second-order valence-electron chi connectivity index (χ2n) is 1.39. The molecule has 0 unspecified atom stereocenters. The van der Waals surface area contributed by atoms with Crippen LogP contribution in [0.1, 0.15) is 5.76 Å². The molecule has 0 fully saturated rings. The number of carbonyl (C=O) groups excluding carboxylic acids is 1. The van der Waals surface area contributed by atoms with E-state index in [2.05, 4.69) is 14.7 Å². The molecule has 1 rings (SSSR count). The highest BCUT2D eigenvalue weighted by molar-refractivity contribution is 5.32. The van der Waals surface area contributed by atoms with E-state index in [9.17, 15) is 4.79 Å². The Hall–Kier alpha value is -1.41. The lowest BCUT2D eigenvalue weighted by Crippen LogP contribution is -1.72. The van der Waals surface area contributed by atoms with E-state index in [-0.39, 0.29) is 6.54 Å². The Morgan fingerprint density at radius 3 is 3.33 bits per heavy atom. The van der Waals surface area contributed by atoms with Gasteiger partial charge in [0.05, 0.1) is 6.20 Å². The maximum atomic E-state index is 9.55. The first kappa shape index (κ1) is 5.72. The van der Waals surface area contributed by atoms with E-state index in [0.29, 0.717) is 5.76 Å². The molecule has 0 N–H and O–H groups in total. The molecule has 9 heavy (non-hydrogen) atoms. The van der Waals surface area contributed by atoms with E-state index in [1.807, 2.05) is 0 Å². The van der Waals surface area contributed by atoms with Crippen LogP contribution in [0.3, 0.4) is 0 Å². The summed E-state index contributed by atoms with van der Waals surface area (Å²) in [5, 5.41) is 3.41. The predicted molar refractivity (Wildman–Crippen MR) is 28.3 cm³/mol. The molecule has 0 radical (unpaired) electrons. The first-order chi connectivity index (χ1) is 4.43. The van der Waals surface area contributed by atoms with Crippen LogP contribution in [0.2, 0.25) is 0 Å². The standard InChI is InChI=1S/C5H4N2O2/c8-4-6-3-5-1-2-7-9-5/h1-2H,3H2. The molecule has 4 heteroatoms. The van der Waals surface area contributed by atoms with Gasteiger partial charge in [-0.2, -0.15) is 4.99 Å². The highest BCUT2D eigenvalue weighted by Crippen LogP contribution is 1.96. The summed E-state index contributed by atoms with van der Waals surface area (Å²) in [5.41, 5.74) is 0. The average Bonchev–Trinajstić information content (AvgIpc) is 2.34. The topological polar surface area (TPSA) is 55.5 Å². The smallest absolute Gasteiger partial charge is 0.235 e. The van der Waals surface area contributed by atoms with Gasteiger partial charge in [0.15, 0.2) is 5.76 Å². The normalized spacial score (nSPS) is 8.44. The zero-order valence-corrected chi connectivity index (χ0v) is 4.57. The number of rotatable bonds is 2. The third kappa shape index (κ3) is 1.51. The van der Waals surface area contributed by atoms with Crippen molar-refractivity contribution in [2.24, 2.45) is 4.99 Å². The number of nitrogens with zero attached hydrogens (tertiary/aromatic N) is 2. The van der Waals surface area contributed by atoms with Crippen LogP contribution in [0.4, 0.5) is 0 Å². The molecule has 0 aromatic carbocycles. The van der Waals surface area contributed by atoms with Gasteiger partial charge in [0.2, 0.25) is 6.08 Å². The predicted octanol–water partition coefficient (Wildman–Crippen LogP) is 0.510. The molecule has 4 nitrogen and oxygen atoms in total. The first-order valence-corrected chi connectivity index (χ1v) is 2.36. The molecule has 1 aromatic heterocycles. The molecule has 0 bridgehead atoms. The summed E-state index contributed by atoms with van der Waals surface area (Å²) in [4.78, 5) is 12.8. The van der Waals surface area contributed by atoms with Crippen molar-refractivity contribution in [1.82, 2.24) is 5.16 Å². The Bertz CT molecular complexity index is 211. The largest absolute Gasteiger partial charge is 0.359 e. The lowest BCUT2D eigenvalue weighted by atomic mass is 10.5. The highest BCUT2D eigenvalue weighted by Gasteiger charge is 1.91. The molecule has 0 spiro atoms. The van der Waals surface area contributed by atoms with Crippen LogP contribution in [0.5, 0.6) is 0 Å². The van der Waals surface area contributed by atoms with Crippen molar-refractivity contribution in [3.63, 3.8) is 0 Å². The van der Waals surface area contributed by atoms with Gasteiger partial charge in [-0.05, 0) is 0 Å². The van der Waals surface area contributed by atoms with E-state index in [1.165, 1.54) is 12.3 Å². The molecule has 0 atom stereocenters. The number of aromatic nitrogens is 1. The van der Waals surface area contributed by atoms with E-state index in [1.54, 1.807) is 6.07 Å². The summed E-state index contributed by atoms with van der Waals surface area (Å²) >= 11 is 0. The third-order valence-corrected chi connectivity index (χ3v) is 0.791. The van der Waals surface area contributed by atoms with Gasteiger partial charge in [0.25, 0.3) is 0 Å². The number of isocyanates is 1. The van der Waals surface area contributed by atoms with Crippen molar-refractivity contribution in [1.29, 1.82) is 0 Å². The maximum Gasteiger partial charge on any atom is 0.235 e. The molecule has 0 saturated heterocycles. The zero-order chi connectivity index (χ0) is 6.53. The minimum atomic E-state index is 0.226. The van der Waals surface area contributed by atoms with Gasteiger partial charge >= 0.3 is 0 Å². The van der Waals surface area contributed by atoms with Crippen molar-refractivity contribution in [3.05, 3.63) is 18.0 Å². The van der Waals surface area contributed by atoms with Gasteiger partial charge in [-0.3, -0.25) is 0 Å². The summed E-state index contributed by atoms with van der Waals surface area (Å²) in [7, 11) is 0. The Kier molecular flexibility index (Phi) is 1.77. The van der Waals surface area contributed by atoms with Gasteiger partial charge < -0.3 is 4.52 Å². The van der Waals surface area contributed by atoms with Gasteiger partial charge in [-0.15, -0.1) is 0 Å². The molecule has 0 amide bonds. The average molecular weight is 124 g/mol. The molecule has 0 aliphatic carbocycles. The Balaban J connectivity index is 2.57. The zero-order valence-electron chi connectivity index (χ0n) is 4.57. The first-order valence-electron chi connectivity index (χ1n) is 2.36. The summed E-state index contributed by atoms with van der Waals surface area (Å²) < 4.78 is 4.61. The van der Waals surface area contributed by atoms with Gasteiger partial charge in [-0.25, -0.2) is 4.79 Å². The minimum absolute atomic E-state index is 0.226. The molecule has 1 heterocycles. The molecular formula is C5H4N2O2. The van der Waals surface area contributed by atoms with Crippen LogP contribution < -0.4 is 0 Å². The van der Waals surface area contributed by atoms with Crippen LogP contribution in [0.15, 0.2) is 21.8 Å². The van der Waals surface area contributed by atoms with Crippen molar-refractivity contribution in [2.45, 2.75) is 6.54 Å². The molecule has 0 saturated carbocycles. The van der Waals surface area contributed by atoms with Crippen LogP contribution in [0, 0.1) is 0 Å². The Labute approximate surface area is 51.2 Å². The molecule has 0 aliphatic rings. The summed E-state index contributed by atoms with van der Waals surface area (Å²) in [6, 6.07) is 1.64. The second-order valence-corrected chi connectivity index (χ2v) is 1.39. The summed E-state index contributed by atoms with van der Waals surface area (Å²) in [6.07, 6.45) is 2.89. The third-order valence-electron chi connectivity index (χ3n) is 0.791. The molecule has 46 valence electrons. The van der Waals surface area contributed by atoms with Crippen LogP contribution in [0.25, 0.3) is 0 Å². The molecular weight excluding hydrogens is 120 g/mol. The number of hydrogen-bond donors (Lipinski definition) is 0.